The number of hydrogen-bond acceptors (Lipinski definition) is 5. The number of nitrogens with zero attached hydrogens (tertiary/aromatic N) is 3. The average Bonchev–Trinajstić information content (AvgIpc) is 3.18. The van der Waals surface area contributed by atoms with E-state index in [-0.39, 0.29) is 24.4 Å². The van der Waals surface area contributed by atoms with Gasteiger partial charge in [-0.15, -0.1) is 11.3 Å². The fourth-order valence-corrected chi connectivity index (χ4v) is 4.55. The maximum Gasteiger partial charge on any atom is 0.261 e. The Labute approximate surface area is 183 Å². The van der Waals surface area contributed by atoms with Gasteiger partial charge in [0.05, 0.1) is 11.7 Å². The fourth-order valence-electron chi connectivity index (χ4n) is 3.57. The van der Waals surface area contributed by atoms with Gasteiger partial charge in [0.1, 0.15) is 16.6 Å². The molecule has 3 aromatic rings. The number of halogens is 1. The van der Waals surface area contributed by atoms with E-state index in [1.165, 1.54) is 23.5 Å². The first-order chi connectivity index (χ1) is 15.1. The van der Waals surface area contributed by atoms with Crippen molar-refractivity contribution in [3.63, 3.8) is 0 Å². The Morgan fingerprint density at radius 3 is 2.77 bits per heavy atom. The van der Waals surface area contributed by atoms with Crippen molar-refractivity contribution in [3.05, 3.63) is 70.8 Å². The van der Waals surface area contributed by atoms with Gasteiger partial charge in [0.2, 0.25) is 6.41 Å². The van der Waals surface area contributed by atoms with Crippen LogP contribution >= 0.6 is 11.3 Å². The second-order valence-corrected chi connectivity index (χ2v) is 8.11. The average molecular weight is 440 g/mol. The topological polar surface area (TPSA) is 62.7 Å². The highest BCUT2D eigenvalue weighted by Gasteiger charge is 2.31. The third-order valence-electron chi connectivity index (χ3n) is 5.20. The van der Waals surface area contributed by atoms with Gasteiger partial charge < -0.3 is 14.5 Å². The molecule has 1 atom stereocenters. The summed E-state index contributed by atoms with van der Waals surface area (Å²) in [6.45, 7) is 1.30. The van der Waals surface area contributed by atoms with E-state index >= 15 is 0 Å². The van der Waals surface area contributed by atoms with E-state index in [4.69, 9.17) is 9.72 Å². The van der Waals surface area contributed by atoms with Gasteiger partial charge in [-0.05, 0) is 30.7 Å². The summed E-state index contributed by atoms with van der Waals surface area (Å²) in [6.07, 6.45) is 1.39. The third-order valence-corrected chi connectivity index (χ3v) is 6.14. The van der Waals surface area contributed by atoms with Gasteiger partial charge in [0, 0.05) is 30.6 Å². The molecule has 1 saturated heterocycles. The van der Waals surface area contributed by atoms with Crippen molar-refractivity contribution in [2.24, 2.45) is 0 Å². The minimum atomic E-state index is -0.321. The van der Waals surface area contributed by atoms with Crippen LogP contribution in [0.3, 0.4) is 0 Å². The van der Waals surface area contributed by atoms with Gasteiger partial charge in [0.15, 0.2) is 6.61 Å². The number of rotatable bonds is 6. The fraction of sp³-hybridized carbons (Fsp3) is 0.261. The zero-order valence-corrected chi connectivity index (χ0v) is 17.6. The quantitative estimate of drug-likeness (QED) is 0.549. The molecule has 1 unspecified atom stereocenters. The smallest absolute Gasteiger partial charge is 0.261 e. The van der Waals surface area contributed by atoms with E-state index < -0.39 is 0 Å². The molecule has 6 nitrogen and oxygen atoms in total. The van der Waals surface area contributed by atoms with Gasteiger partial charge in [0.25, 0.3) is 5.91 Å². The first-order valence-electron chi connectivity index (χ1n) is 10.0. The second-order valence-electron chi connectivity index (χ2n) is 7.22. The molecule has 160 valence electrons. The molecule has 2 amide bonds. The van der Waals surface area contributed by atoms with Crippen LogP contribution in [0.1, 0.15) is 17.5 Å². The van der Waals surface area contributed by atoms with Gasteiger partial charge in [-0.2, -0.15) is 0 Å². The van der Waals surface area contributed by atoms with E-state index in [0.29, 0.717) is 43.1 Å². The number of aromatic nitrogens is 1. The van der Waals surface area contributed by atoms with E-state index in [1.807, 2.05) is 23.6 Å². The summed E-state index contributed by atoms with van der Waals surface area (Å²) in [4.78, 5) is 32.5. The zero-order chi connectivity index (χ0) is 21.6. The molecule has 2 heterocycles. The standard InChI is InChI=1S/C23H22FN3O3S/c24-18-6-4-5-17(13-18)20-15-31-23(25-20)21-9-10-26(16-28)11-12-27(21)22(29)14-30-19-7-2-1-3-8-19/h1-8,13,15-16,21H,9-12,14H2. The van der Waals surface area contributed by atoms with Gasteiger partial charge in [-0.3, -0.25) is 9.59 Å². The Kier molecular flexibility index (Phi) is 6.57. The summed E-state index contributed by atoms with van der Waals surface area (Å²) in [5, 5.41) is 2.63. The predicted octanol–water partition coefficient (Wildman–Crippen LogP) is 3.76. The van der Waals surface area contributed by atoms with Crippen molar-refractivity contribution < 1.29 is 18.7 Å². The van der Waals surface area contributed by atoms with Crippen LogP contribution in [0, 0.1) is 5.82 Å². The molecular weight excluding hydrogens is 417 g/mol. The second kappa shape index (κ2) is 9.70. The molecule has 2 aromatic carbocycles. The van der Waals surface area contributed by atoms with Crippen molar-refractivity contribution in [1.82, 2.24) is 14.8 Å². The Bertz CT molecular complexity index is 1040. The molecule has 0 aliphatic carbocycles. The first kappa shape index (κ1) is 21.0. The number of carbonyl (C=O) groups excluding carboxylic acids is 2. The van der Waals surface area contributed by atoms with Crippen LogP contribution in [0.4, 0.5) is 4.39 Å². The Morgan fingerprint density at radius 1 is 1.16 bits per heavy atom. The Hall–Kier alpha value is -3.26. The molecule has 0 spiro atoms. The maximum absolute atomic E-state index is 13.6. The molecule has 0 N–H and O–H groups in total. The van der Waals surface area contributed by atoms with Crippen LogP contribution in [0.25, 0.3) is 11.3 Å². The summed E-state index contributed by atoms with van der Waals surface area (Å²) >= 11 is 1.44. The molecule has 1 aliphatic heterocycles. The number of thiazole rings is 1. The number of benzene rings is 2. The van der Waals surface area contributed by atoms with Crippen LogP contribution in [0.5, 0.6) is 5.75 Å². The highest BCUT2D eigenvalue weighted by atomic mass is 32.1. The predicted molar refractivity (Wildman–Crippen MR) is 116 cm³/mol. The Balaban J connectivity index is 1.55. The van der Waals surface area contributed by atoms with Crippen molar-refractivity contribution >= 4 is 23.7 Å². The zero-order valence-electron chi connectivity index (χ0n) is 16.8. The van der Waals surface area contributed by atoms with Gasteiger partial charge in [-0.25, -0.2) is 9.37 Å². The minimum Gasteiger partial charge on any atom is -0.484 e. The van der Waals surface area contributed by atoms with E-state index in [2.05, 4.69) is 0 Å². The summed E-state index contributed by atoms with van der Waals surface area (Å²) in [6, 6.07) is 15.2. The number of hydrogen-bond donors (Lipinski definition) is 0. The molecule has 0 bridgehead atoms. The van der Waals surface area contributed by atoms with E-state index in [9.17, 15) is 14.0 Å². The summed E-state index contributed by atoms with van der Waals surface area (Å²) in [7, 11) is 0. The molecule has 1 fully saturated rings. The maximum atomic E-state index is 13.6. The molecule has 0 saturated carbocycles. The van der Waals surface area contributed by atoms with Gasteiger partial charge >= 0.3 is 0 Å². The third kappa shape index (κ3) is 5.08. The van der Waals surface area contributed by atoms with Crippen molar-refractivity contribution in [3.8, 4) is 17.0 Å². The number of ether oxygens (including phenoxy) is 1. The molecule has 8 heteroatoms. The van der Waals surface area contributed by atoms with Crippen LogP contribution in [0.15, 0.2) is 60.0 Å². The van der Waals surface area contributed by atoms with E-state index in [0.717, 1.165) is 11.4 Å². The molecule has 0 radical (unpaired) electrons. The van der Waals surface area contributed by atoms with Crippen LogP contribution < -0.4 is 4.74 Å². The first-order valence-corrected chi connectivity index (χ1v) is 10.9. The van der Waals surface area contributed by atoms with Crippen LogP contribution in [-0.4, -0.2) is 53.3 Å². The van der Waals surface area contributed by atoms with E-state index in [1.54, 1.807) is 34.1 Å². The molecule has 31 heavy (non-hydrogen) atoms. The molecule has 4 rings (SSSR count). The van der Waals surface area contributed by atoms with Gasteiger partial charge in [-0.1, -0.05) is 30.3 Å². The molecule has 1 aromatic heterocycles. The number of amides is 2. The SMILES string of the molecule is O=CN1CCC(c2nc(-c3cccc(F)c3)cs2)N(C(=O)COc2ccccc2)CC1. The lowest BCUT2D eigenvalue weighted by Crippen LogP contribution is -2.39. The highest BCUT2D eigenvalue weighted by Crippen LogP contribution is 2.32. The van der Waals surface area contributed by atoms with Crippen molar-refractivity contribution in [1.29, 1.82) is 0 Å². The van der Waals surface area contributed by atoms with Crippen molar-refractivity contribution in [2.75, 3.05) is 26.2 Å². The molecule has 1 aliphatic rings. The largest absolute Gasteiger partial charge is 0.484 e. The van der Waals surface area contributed by atoms with Crippen LogP contribution in [0.2, 0.25) is 0 Å². The van der Waals surface area contributed by atoms with Crippen molar-refractivity contribution in [2.45, 2.75) is 12.5 Å². The van der Waals surface area contributed by atoms with Crippen LogP contribution in [-0.2, 0) is 9.59 Å². The summed E-state index contributed by atoms with van der Waals surface area (Å²) in [5.41, 5.74) is 1.36. The minimum absolute atomic E-state index is 0.0935. The number of carbonyl (C=O) groups is 2. The Morgan fingerprint density at radius 2 is 2.00 bits per heavy atom. The molecular formula is C23H22FN3O3S. The number of para-hydroxylation sites is 1. The lowest BCUT2D eigenvalue weighted by molar-refractivity contribution is -0.136. The summed E-state index contributed by atoms with van der Waals surface area (Å²) in [5.74, 6) is 0.140. The normalized spacial score (nSPS) is 16.6. The summed E-state index contributed by atoms with van der Waals surface area (Å²) < 4.78 is 19.3. The lowest BCUT2D eigenvalue weighted by atomic mass is 10.1. The highest BCUT2D eigenvalue weighted by molar-refractivity contribution is 7.10. The monoisotopic (exact) mass is 439 g/mol. The lowest BCUT2D eigenvalue weighted by Gasteiger charge is -2.28.